The molecule has 0 spiro atoms. The molecule has 4 nitrogen and oxygen atoms in total. The van der Waals surface area contributed by atoms with E-state index >= 15 is 0 Å². The van der Waals surface area contributed by atoms with E-state index < -0.39 is 0 Å². The number of carbonyl (C=O) groups excluding carboxylic acids is 1. The first-order valence-electron chi connectivity index (χ1n) is 4.82. The molecule has 0 heterocycles. The Kier molecular flexibility index (Phi) is 4.12. The molecular formula is C11H16N2O2. The topological polar surface area (TPSA) is 64.3 Å². The molecule has 82 valence electrons. The maximum atomic E-state index is 11.5. The lowest BCUT2D eigenvalue weighted by Crippen LogP contribution is -2.26. The standard InChI is InChI=1S/C11H16N2O2/c1-8(7-12)11(14)13-9-4-3-5-10(6-9)15-2/h3-6,8H,7,12H2,1-2H3,(H,13,14). The second kappa shape index (κ2) is 5.36. The number of hydrogen-bond acceptors (Lipinski definition) is 3. The Morgan fingerprint density at radius 3 is 2.93 bits per heavy atom. The number of amides is 1. The van der Waals surface area contributed by atoms with Crippen molar-refractivity contribution in [2.24, 2.45) is 11.7 Å². The van der Waals surface area contributed by atoms with Crippen LogP contribution in [0.25, 0.3) is 0 Å². The third kappa shape index (κ3) is 3.25. The second-order valence-corrected chi connectivity index (χ2v) is 3.36. The number of nitrogens with two attached hydrogens (primary N) is 1. The molecule has 0 aliphatic carbocycles. The Balaban J connectivity index is 2.68. The van der Waals surface area contributed by atoms with Crippen molar-refractivity contribution >= 4 is 11.6 Å². The average molecular weight is 208 g/mol. The molecule has 0 radical (unpaired) electrons. The van der Waals surface area contributed by atoms with Crippen LogP contribution in [0.5, 0.6) is 5.75 Å². The van der Waals surface area contributed by atoms with Crippen molar-refractivity contribution in [3.63, 3.8) is 0 Å². The lowest BCUT2D eigenvalue weighted by Gasteiger charge is -2.10. The molecule has 4 heteroatoms. The van der Waals surface area contributed by atoms with Crippen LogP contribution in [-0.4, -0.2) is 19.6 Å². The Morgan fingerprint density at radius 1 is 1.60 bits per heavy atom. The Labute approximate surface area is 89.4 Å². The van der Waals surface area contributed by atoms with Crippen LogP contribution in [0.15, 0.2) is 24.3 Å². The van der Waals surface area contributed by atoms with Gasteiger partial charge in [-0.2, -0.15) is 0 Å². The molecule has 0 saturated heterocycles. The number of rotatable bonds is 4. The summed E-state index contributed by atoms with van der Waals surface area (Å²) in [6, 6.07) is 7.22. The third-order valence-corrected chi connectivity index (χ3v) is 2.14. The van der Waals surface area contributed by atoms with Gasteiger partial charge in [-0.15, -0.1) is 0 Å². The van der Waals surface area contributed by atoms with Crippen LogP contribution in [0.2, 0.25) is 0 Å². The van der Waals surface area contributed by atoms with Crippen molar-refractivity contribution < 1.29 is 9.53 Å². The summed E-state index contributed by atoms with van der Waals surface area (Å²) in [5.41, 5.74) is 6.12. The fourth-order valence-electron chi connectivity index (χ4n) is 1.07. The minimum Gasteiger partial charge on any atom is -0.497 e. The number of ether oxygens (including phenoxy) is 1. The van der Waals surface area contributed by atoms with Gasteiger partial charge in [0.05, 0.1) is 7.11 Å². The van der Waals surface area contributed by atoms with Crippen LogP contribution in [0, 0.1) is 5.92 Å². The summed E-state index contributed by atoms with van der Waals surface area (Å²) >= 11 is 0. The van der Waals surface area contributed by atoms with Crippen LogP contribution >= 0.6 is 0 Å². The predicted octanol–water partition coefficient (Wildman–Crippen LogP) is 1.23. The molecule has 0 aliphatic rings. The van der Waals surface area contributed by atoms with Crippen LogP contribution in [-0.2, 0) is 4.79 Å². The fraction of sp³-hybridized carbons (Fsp3) is 0.364. The molecule has 1 rings (SSSR count). The number of carbonyl (C=O) groups is 1. The Bertz CT molecular complexity index is 339. The molecule has 0 aromatic heterocycles. The Morgan fingerprint density at radius 2 is 2.33 bits per heavy atom. The first kappa shape index (κ1) is 11.5. The van der Waals surface area contributed by atoms with Gasteiger partial charge in [-0.1, -0.05) is 13.0 Å². The Hall–Kier alpha value is -1.55. The van der Waals surface area contributed by atoms with Gasteiger partial charge in [0.15, 0.2) is 0 Å². The number of hydrogen-bond donors (Lipinski definition) is 2. The zero-order valence-electron chi connectivity index (χ0n) is 8.99. The molecule has 0 fully saturated rings. The smallest absolute Gasteiger partial charge is 0.228 e. The van der Waals surface area contributed by atoms with Crippen molar-refractivity contribution in [1.82, 2.24) is 0 Å². The summed E-state index contributed by atoms with van der Waals surface area (Å²) < 4.78 is 5.05. The lowest BCUT2D eigenvalue weighted by atomic mass is 10.1. The molecule has 0 bridgehead atoms. The summed E-state index contributed by atoms with van der Waals surface area (Å²) in [5.74, 6) is 0.454. The van der Waals surface area contributed by atoms with Gasteiger partial charge in [0.2, 0.25) is 5.91 Å². The van der Waals surface area contributed by atoms with Crippen LogP contribution in [0.1, 0.15) is 6.92 Å². The van der Waals surface area contributed by atoms with Gasteiger partial charge in [0.25, 0.3) is 0 Å². The molecule has 15 heavy (non-hydrogen) atoms. The van der Waals surface area contributed by atoms with Crippen LogP contribution in [0.4, 0.5) is 5.69 Å². The maximum Gasteiger partial charge on any atom is 0.228 e. The SMILES string of the molecule is COc1cccc(NC(=O)C(C)CN)c1. The van der Waals surface area contributed by atoms with Gasteiger partial charge in [-0.05, 0) is 12.1 Å². The van der Waals surface area contributed by atoms with E-state index in [9.17, 15) is 4.79 Å². The molecule has 1 unspecified atom stereocenters. The lowest BCUT2D eigenvalue weighted by molar-refractivity contribution is -0.119. The van der Waals surface area contributed by atoms with E-state index in [0.717, 1.165) is 5.69 Å². The van der Waals surface area contributed by atoms with E-state index in [1.165, 1.54) is 0 Å². The van der Waals surface area contributed by atoms with Crippen LogP contribution < -0.4 is 15.8 Å². The molecule has 1 aromatic carbocycles. The number of nitrogens with one attached hydrogen (secondary N) is 1. The zero-order chi connectivity index (χ0) is 11.3. The van der Waals surface area contributed by atoms with Crippen molar-refractivity contribution in [2.45, 2.75) is 6.92 Å². The van der Waals surface area contributed by atoms with Crippen molar-refractivity contribution in [3.05, 3.63) is 24.3 Å². The van der Waals surface area contributed by atoms with E-state index in [1.54, 1.807) is 20.1 Å². The van der Waals surface area contributed by atoms with E-state index in [4.69, 9.17) is 10.5 Å². The highest BCUT2D eigenvalue weighted by atomic mass is 16.5. The van der Waals surface area contributed by atoms with Gasteiger partial charge < -0.3 is 15.8 Å². The molecular weight excluding hydrogens is 192 g/mol. The molecule has 0 aliphatic heterocycles. The summed E-state index contributed by atoms with van der Waals surface area (Å²) in [7, 11) is 1.59. The monoisotopic (exact) mass is 208 g/mol. The normalized spacial score (nSPS) is 11.9. The highest BCUT2D eigenvalue weighted by Gasteiger charge is 2.10. The minimum atomic E-state index is -0.184. The van der Waals surface area contributed by atoms with Gasteiger partial charge in [0.1, 0.15) is 5.75 Å². The quantitative estimate of drug-likeness (QED) is 0.782. The van der Waals surface area contributed by atoms with E-state index in [2.05, 4.69) is 5.32 Å². The van der Waals surface area contributed by atoms with Gasteiger partial charge in [-0.3, -0.25) is 4.79 Å². The average Bonchev–Trinajstić information content (AvgIpc) is 2.28. The highest BCUT2D eigenvalue weighted by molar-refractivity contribution is 5.92. The predicted molar refractivity (Wildman–Crippen MR) is 59.8 cm³/mol. The summed E-state index contributed by atoms with van der Waals surface area (Å²) in [6.45, 7) is 2.13. The molecule has 3 N–H and O–H groups in total. The number of methoxy groups -OCH3 is 1. The van der Waals surface area contributed by atoms with Gasteiger partial charge >= 0.3 is 0 Å². The first-order valence-corrected chi connectivity index (χ1v) is 4.82. The van der Waals surface area contributed by atoms with Gasteiger partial charge in [0, 0.05) is 24.2 Å². The molecule has 1 amide bonds. The van der Waals surface area contributed by atoms with Crippen LogP contribution in [0.3, 0.4) is 0 Å². The summed E-state index contributed by atoms with van der Waals surface area (Å²) in [4.78, 5) is 11.5. The van der Waals surface area contributed by atoms with E-state index in [-0.39, 0.29) is 11.8 Å². The number of anilines is 1. The second-order valence-electron chi connectivity index (χ2n) is 3.36. The first-order chi connectivity index (χ1) is 7.17. The summed E-state index contributed by atoms with van der Waals surface area (Å²) in [5, 5.41) is 2.77. The molecule has 0 saturated carbocycles. The third-order valence-electron chi connectivity index (χ3n) is 2.14. The van der Waals surface area contributed by atoms with E-state index in [0.29, 0.717) is 12.3 Å². The fourth-order valence-corrected chi connectivity index (χ4v) is 1.07. The largest absolute Gasteiger partial charge is 0.497 e. The zero-order valence-corrected chi connectivity index (χ0v) is 8.99. The van der Waals surface area contributed by atoms with Crippen molar-refractivity contribution in [1.29, 1.82) is 0 Å². The maximum absolute atomic E-state index is 11.5. The highest BCUT2D eigenvalue weighted by Crippen LogP contribution is 2.17. The van der Waals surface area contributed by atoms with E-state index in [1.807, 2.05) is 18.2 Å². The van der Waals surface area contributed by atoms with Crippen molar-refractivity contribution in [3.8, 4) is 5.75 Å². The molecule has 1 atom stereocenters. The number of benzene rings is 1. The minimum absolute atomic E-state index is 0.0780. The van der Waals surface area contributed by atoms with Gasteiger partial charge in [-0.25, -0.2) is 0 Å². The molecule has 1 aromatic rings. The summed E-state index contributed by atoms with van der Waals surface area (Å²) in [6.07, 6.45) is 0. The van der Waals surface area contributed by atoms with Crippen molar-refractivity contribution in [2.75, 3.05) is 19.0 Å².